The van der Waals surface area contributed by atoms with Crippen LogP contribution in [0.2, 0.25) is 0 Å². The molecule has 1 atom stereocenters. The second-order valence-electron chi connectivity index (χ2n) is 4.76. The van der Waals surface area contributed by atoms with Gasteiger partial charge in [0.1, 0.15) is 0 Å². The molecule has 112 valence electrons. The lowest BCUT2D eigenvalue weighted by molar-refractivity contribution is -0.137. The highest BCUT2D eigenvalue weighted by Crippen LogP contribution is 2.29. The molecular weight excluding hydrogens is 271 g/mol. The maximum atomic E-state index is 12.4. The summed E-state index contributed by atoms with van der Waals surface area (Å²) in [7, 11) is 0. The maximum absolute atomic E-state index is 12.4. The summed E-state index contributed by atoms with van der Waals surface area (Å²) in [6, 6.07) is 4.11. The van der Waals surface area contributed by atoms with Gasteiger partial charge in [0, 0.05) is 18.7 Å². The van der Waals surface area contributed by atoms with Crippen LogP contribution in [0.3, 0.4) is 0 Å². The molecule has 1 amide bonds. The molecule has 0 aromatic heterocycles. The van der Waals surface area contributed by atoms with Crippen molar-refractivity contribution in [3.63, 3.8) is 0 Å². The van der Waals surface area contributed by atoms with Gasteiger partial charge < -0.3 is 10.4 Å². The molecular formula is C14H18F3NO2. The van der Waals surface area contributed by atoms with Crippen LogP contribution >= 0.6 is 0 Å². The molecule has 6 heteroatoms. The third-order valence-electron chi connectivity index (χ3n) is 2.95. The van der Waals surface area contributed by atoms with E-state index in [0.717, 1.165) is 30.7 Å². The maximum Gasteiger partial charge on any atom is 0.416 e. The van der Waals surface area contributed by atoms with E-state index in [1.54, 1.807) is 0 Å². The number of rotatable bonds is 6. The van der Waals surface area contributed by atoms with Crippen molar-refractivity contribution < 1.29 is 23.1 Å². The highest BCUT2D eigenvalue weighted by atomic mass is 19.4. The van der Waals surface area contributed by atoms with E-state index in [9.17, 15) is 18.0 Å². The lowest BCUT2D eigenvalue weighted by Crippen LogP contribution is -2.25. The smallest absolute Gasteiger partial charge is 0.396 e. The highest BCUT2D eigenvalue weighted by Gasteiger charge is 2.30. The van der Waals surface area contributed by atoms with Crippen molar-refractivity contribution in [1.29, 1.82) is 0 Å². The Hall–Kier alpha value is -1.56. The molecule has 3 nitrogen and oxygen atoms in total. The fourth-order valence-electron chi connectivity index (χ4n) is 1.66. The van der Waals surface area contributed by atoms with Gasteiger partial charge in [-0.1, -0.05) is 6.92 Å². The van der Waals surface area contributed by atoms with Crippen molar-refractivity contribution in [2.24, 2.45) is 5.92 Å². The molecule has 1 aromatic rings. The Balaban J connectivity index is 2.44. The molecule has 1 aromatic carbocycles. The minimum Gasteiger partial charge on any atom is -0.396 e. The van der Waals surface area contributed by atoms with Gasteiger partial charge in [-0.3, -0.25) is 4.79 Å². The lowest BCUT2D eigenvalue weighted by Gasteiger charge is -2.09. The summed E-state index contributed by atoms with van der Waals surface area (Å²) in [6.45, 7) is 2.44. The van der Waals surface area contributed by atoms with E-state index < -0.39 is 17.6 Å². The molecule has 0 saturated heterocycles. The van der Waals surface area contributed by atoms with E-state index in [0.29, 0.717) is 13.0 Å². The number of nitrogens with one attached hydrogen (secondary N) is 1. The minimum absolute atomic E-state index is 0.104. The average molecular weight is 289 g/mol. The molecule has 0 radical (unpaired) electrons. The van der Waals surface area contributed by atoms with Crippen LogP contribution in [0, 0.1) is 5.92 Å². The molecule has 0 heterocycles. The van der Waals surface area contributed by atoms with Crippen molar-refractivity contribution in [2.75, 3.05) is 13.2 Å². The highest BCUT2D eigenvalue weighted by molar-refractivity contribution is 5.94. The number of amides is 1. The van der Waals surface area contributed by atoms with Crippen molar-refractivity contribution in [3.8, 4) is 0 Å². The first-order chi connectivity index (χ1) is 9.34. The van der Waals surface area contributed by atoms with Gasteiger partial charge in [-0.2, -0.15) is 13.2 Å². The second-order valence-corrected chi connectivity index (χ2v) is 4.76. The summed E-state index contributed by atoms with van der Waals surface area (Å²) in [5.41, 5.74) is -0.570. The molecule has 0 fully saturated rings. The van der Waals surface area contributed by atoms with E-state index in [1.165, 1.54) is 0 Å². The van der Waals surface area contributed by atoms with Gasteiger partial charge in [-0.25, -0.2) is 0 Å². The number of halogens is 3. The number of aliphatic hydroxyl groups is 1. The average Bonchev–Trinajstić information content (AvgIpc) is 2.42. The number of carbonyl (C=O) groups is 1. The summed E-state index contributed by atoms with van der Waals surface area (Å²) in [6.07, 6.45) is -2.90. The quantitative estimate of drug-likeness (QED) is 0.791. The van der Waals surface area contributed by atoms with Gasteiger partial charge in [-0.05, 0) is 43.0 Å². The molecule has 20 heavy (non-hydrogen) atoms. The molecule has 0 aliphatic rings. The van der Waals surface area contributed by atoms with Crippen LogP contribution in [0.4, 0.5) is 13.2 Å². The second kappa shape index (κ2) is 7.28. The van der Waals surface area contributed by atoms with Crippen LogP contribution in [-0.2, 0) is 6.18 Å². The Bertz CT molecular complexity index is 429. The molecule has 1 unspecified atom stereocenters. The van der Waals surface area contributed by atoms with E-state index in [1.807, 2.05) is 6.92 Å². The number of hydrogen-bond donors (Lipinski definition) is 2. The van der Waals surface area contributed by atoms with Crippen LogP contribution in [0.1, 0.15) is 35.7 Å². The zero-order valence-corrected chi connectivity index (χ0v) is 11.2. The van der Waals surface area contributed by atoms with Crippen molar-refractivity contribution >= 4 is 5.91 Å². The molecule has 0 aliphatic heterocycles. The first-order valence-electron chi connectivity index (χ1n) is 6.41. The number of benzene rings is 1. The summed E-state index contributed by atoms with van der Waals surface area (Å²) in [5.74, 6) is -0.214. The van der Waals surface area contributed by atoms with Gasteiger partial charge in [-0.15, -0.1) is 0 Å². The van der Waals surface area contributed by atoms with Gasteiger partial charge in [0.05, 0.1) is 5.56 Å². The number of hydrogen-bond acceptors (Lipinski definition) is 2. The number of carbonyl (C=O) groups excluding carboxylic acids is 1. The standard InChI is InChI=1S/C14H18F3NO2/c1-10(9-19)3-2-8-18-13(20)11-4-6-12(7-5-11)14(15,16)17/h4-7,10,19H,2-3,8-9H2,1H3,(H,18,20). The fourth-order valence-corrected chi connectivity index (χ4v) is 1.66. The number of alkyl halides is 3. The van der Waals surface area contributed by atoms with Crippen LogP contribution in [0.25, 0.3) is 0 Å². The molecule has 0 saturated carbocycles. The monoisotopic (exact) mass is 289 g/mol. The van der Waals surface area contributed by atoms with E-state index in [4.69, 9.17) is 5.11 Å². The summed E-state index contributed by atoms with van der Waals surface area (Å²) >= 11 is 0. The molecule has 0 spiro atoms. The van der Waals surface area contributed by atoms with Gasteiger partial charge >= 0.3 is 6.18 Å². The van der Waals surface area contributed by atoms with Crippen LogP contribution < -0.4 is 5.32 Å². The third kappa shape index (κ3) is 5.21. The van der Waals surface area contributed by atoms with Crippen LogP contribution in [0.5, 0.6) is 0 Å². The zero-order chi connectivity index (χ0) is 15.2. The van der Waals surface area contributed by atoms with Gasteiger partial charge in [0.25, 0.3) is 5.91 Å². The molecule has 2 N–H and O–H groups in total. The third-order valence-corrected chi connectivity index (χ3v) is 2.95. The largest absolute Gasteiger partial charge is 0.416 e. The fraction of sp³-hybridized carbons (Fsp3) is 0.500. The first kappa shape index (κ1) is 16.5. The lowest BCUT2D eigenvalue weighted by atomic mass is 10.1. The first-order valence-corrected chi connectivity index (χ1v) is 6.41. The van der Waals surface area contributed by atoms with E-state index in [2.05, 4.69) is 5.32 Å². The Morgan fingerprint density at radius 3 is 2.40 bits per heavy atom. The zero-order valence-electron chi connectivity index (χ0n) is 11.2. The topological polar surface area (TPSA) is 49.3 Å². The molecule has 0 bridgehead atoms. The summed E-state index contributed by atoms with van der Waals surface area (Å²) < 4.78 is 37.1. The molecule has 1 rings (SSSR count). The van der Waals surface area contributed by atoms with Crippen molar-refractivity contribution in [2.45, 2.75) is 25.9 Å². The van der Waals surface area contributed by atoms with Crippen molar-refractivity contribution in [3.05, 3.63) is 35.4 Å². The predicted molar refractivity (Wildman–Crippen MR) is 69.3 cm³/mol. The summed E-state index contributed by atoms with van der Waals surface area (Å²) in [4.78, 5) is 11.7. The minimum atomic E-state index is -4.39. The van der Waals surface area contributed by atoms with Crippen LogP contribution in [-0.4, -0.2) is 24.2 Å². The van der Waals surface area contributed by atoms with Gasteiger partial charge in [0.15, 0.2) is 0 Å². The Morgan fingerprint density at radius 1 is 1.30 bits per heavy atom. The normalized spacial score (nSPS) is 13.1. The number of aliphatic hydroxyl groups excluding tert-OH is 1. The Labute approximate surface area is 115 Å². The van der Waals surface area contributed by atoms with E-state index in [-0.39, 0.29) is 18.1 Å². The predicted octanol–water partition coefficient (Wildman–Crippen LogP) is 2.84. The van der Waals surface area contributed by atoms with Crippen LogP contribution in [0.15, 0.2) is 24.3 Å². The van der Waals surface area contributed by atoms with E-state index >= 15 is 0 Å². The molecule has 0 aliphatic carbocycles. The SMILES string of the molecule is CC(CO)CCCNC(=O)c1ccc(C(F)(F)F)cc1. The van der Waals surface area contributed by atoms with Crippen molar-refractivity contribution in [1.82, 2.24) is 5.32 Å². The Kier molecular flexibility index (Phi) is 6.01. The van der Waals surface area contributed by atoms with Gasteiger partial charge in [0.2, 0.25) is 0 Å². The summed E-state index contributed by atoms with van der Waals surface area (Å²) in [5, 5.41) is 11.5. The Morgan fingerprint density at radius 2 is 1.90 bits per heavy atom.